The number of carbonyl (C=O) groups is 1. The van der Waals surface area contributed by atoms with Gasteiger partial charge in [0, 0.05) is 18.3 Å². The molecule has 3 rings (SSSR count). The second-order valence-electron chi connectivity index (χ2n) is 6.99. The van der Waals surface area contributed by atoms with Gasteiger partial charge in [0.15, 0.2) is 5.69 Å². The van der Waals surface area contributed by atoms with Crippen molar-refractivity contribution in [1.29, 1.82) is 0 Å². The van der Waals surface area contributed by atoms with Gasteiger partial charge in [0.2, 0.25) is 5.43 Å². The van der Waals surface area contributed by atoms with Crippen LogP contribution in [0.5, 0.6) is 0 Å². The van der Waals surface area contributed by atoms with Crippen LogP contribution in [-0.4, -0.2) is 41.2 Å². The Morgan fingerprint density at radius 1 is 1.14 bits per heavy atom. The molecule has 1 heterocycles. The predicted octanol–water partition coefficient (Wildman–Crippen LogP) is 2.71. The van der Waals surface area contributed by atoms with E-state index < -0.39 is 11.3 Å². The number of nitrogens with zero attached hydrogens (tertiary/aromatic N) is 3. The van der Waals surface area contributed by atoms with Crippen LogP contribution in [0.4, 0.5) is 4.39 Å². The smallest absolute Gasteiger partial charge is 0.275 e. The molecule has 0 bridgehead atoms. The maximum Gasteiger partial charge on any atom is 0.275 e. The molecule has 1 amide bonds. The molecular weight excluding hydrogens is 371 g/mol. The Morgan fingerprint density at radius 3 is 2.52 bits per heavy atom. The minimum Gasteiger partial charge on any atom is -0.349 e. The van der Waals surface area contributed by atoms with E-state index in [1.54, 1.807) is 23.7 Å². The van der Waals surface area contributed by atoms with Crippen LogP contribution in [0.3, 0.4) is 0 Å². The highest BCUT2D eigenvalue weighted by Crippen LogP contribution is 2.18. The number of amides is 1. The molecule has 0 unspecified atom stereocenters. The Kier molecular flexibility index (Phi) is 6.19. The number of rotatable bonds is 6. The molecule has 29 heavy (non-hydrogen) atoms. The monoisotopic (exact) mass is 394 g/mol. The molecule has 0 fully saturated rings. The fourth-order valence-corrected chi connectivity index (χ4v) is 3.12. The summed E-state index contributed by atoms with van der Waals surface area (Å²) in [6, 6.07) is 16.7. The molecule has 0 radical (unpaired) electrons. The zero-order valence-corrected chi connectivity index (χ0v) is 16.6. The van der Waals surface area contributed by atoms with E-state index in [4.69, 9.17) is 0 Å². The molecule has 2 aromatic carbocycles. The van der Waals surface area contributed by atoms with Gasteiger partial charge in [-0.15, -0.1) is 0 Å². The van der Waals surface area contributed by atoms with Crippen LogP contribution in [0.15, 0.2) is 65.5 Å². The van der Waals surface area contributed by atoms with Gasteiger partial charge < -0.3 is 10.2 Å². The Bertz CT molecular complexity index is 1060. The molecule has 1 atom stereocenters. The first kappa shape index (κ1) is 20.4. The average Bonchev–Trinajstić information content (AvgIpc) is 2.68. The molecule has 0 saturated carbocycles. The van der Waals surface area contributed by atoms with Crippen molar-refractivity contribution in [1.82, 2.24) is 20.0 Å². The lowest BCUT2D eigenvalue weighted by atomic mass is 10.1. The highest BCUT2D eigenvalue weighted by Gasteiger charge is 2.19. The summed E-state index contributed by atoms with van der Waals surface area (Å²) in [6.45, 7) is 1.96. The summed E-state index contributed by atoms with van der Waals surface area (Å²) < 4.78 is 15.2. The zero-order valence-electron chi connectivity index (χ0n) is 16.6. The van der Waals surface area contributed by atoms with Crippen molar-refractivity contribution in [2.75, 3.05) is 20.6 Å². The molecule has 6 nitrogen and oxygen atoms in total. The van der Waals surface area contributed by atoms with Crippen molar-refractivity contribution < 1.29 is 9.18 Å². The van der Waals surface area contributed by atoms with Crippen LogP contribution >= 0.6 is 0 Å². The number of hydrogen-bond donors (Lipinski definition) is 1. The number of halogens is 1. The first-order valence-electron chi connectivity index (χ1n) is 9.23. The molecule has 1 N–H and O–H groups in total. The number of nitrogens with one attached hydrogen (secondary N) is 1. The Balaban J connectivity index is 1.84. The summed E-state index contributed by atoms with van der Waals surface area (Å²) in [5.41, 5.74) is 1.48. The maximum absolute atomic E-state index is 13.6. The van der Waals surface area contributed by atoms with Gasteiger partial charge in [-0.3, -0.25) is 9.59 Å². The van der Waals surface area contributed by atoms with Gasteiger partial charge in [0.25, 0.3) is 5.91 Å². The van der Waals surface area contributed by atoms with Gasteiger partial charge in [-0.25, -0.2) is 9.07 Å². The second kappa shape index (κ2) is 8.79. The molecule has 7 heteroatoms. The number of aromatic nitrogens is 2. The van der Waals surface area contributed by atoms with Crippen LogP contribution in [0.2, 0.25) is 0 Å². The summed E-state index contributed by atoms with van der Waals surface area (Å²) in [5, 5.41) is 7.03. The predicted molar refractivity (Wildman–Crippen MR) is 110 cm³/mol. The van der Waals surface area contributed by atoms with Gasteiger partial charge in [-0.05, 0) is 50.8 Å². The lowest BCUT2D eigenvalue weighted by molar-refractivity contribution is 0.0934. The summed E-state index contributed by atoms with van der Waals surface area (Å²) >= 11 is 0. The van der Waals surface area contributed by atoms with Gasteiger partial charge in [-0.1, -0.05) is 30.3 Å². The summed E-state index contributed by atoms with van der Waals surface area (Å²) in [7, 11) is 3.68. The van der Waals surface area contributed by atoms with Gasteiger partial charge in [-0.2, -0.15) is 5.10 Å². The third kappa shape index (κ3) is 4.75. The molecule has 0 aliphatic carbocycles. The Morgan fingerprint density at radius 2 is 1.86 bits per heavy atom. The molecule has 150 valence electrons. The molecule has 3 aromatic rings. The van der Waals surface area contributed by atoms with E-state index in [0.717, 1.165) is 11.3 Å². The van der Waals surface area contributed by atoms with E-state index in [1.165, 1.54) is 18.2 Å². The van der Waals surface area contributed by atoms with Gasteiger partial charge in [0.1, 0.15) is 5.82 Å². The standard InChI is InChI=1S/C22H23FN4O2/c1-15-12-20(28)21(25-27(15)18-10-5-4-6-11-18)22(29)24-14-19(26(2)3)16-8-7-9-17(23)13-16/h4-13,19H,14H2,1-3H3,(H,24,29)/t19-/m1/s1. The van der Waals surface area contributed by atoms with Crippen molar-refractivity contribution in [3.63, 3.8) is 0 Å². The van der Waals surface area contributed by atoms with E-state index >= 15 is 0 Å². The van der Waals surface area contributed by atoms with E-state index in [0.29, 0.717) is 5.69 Å². The fourth-order valence-electron chi connectivity index (χ4n) is 3.12. The minimum atomic E-state index is -0.567. The first-order valence-corrected chi connectivity index (χ1v) is 9.23. The number of benzene rings is 2. The lowest BCUT2D eigenvalue weighted by Crippen LogP contribution is -2.37. The highest BCUT2D eigenvalue weighted by molar-refractivity contribution is 5.92. The second-order valence-corrected chi connectivity index (χ2v) is 6.99. The Hall–Kier alpha value is -3.32. The molecular formula is C22H23FN4O2. The number of likely N-dealkylation sites (N-methyl/N-ethyl adjacent to an activating group) is 1. The molecule has 1 aromatic heterocycles. The summed E-state index contributed by atoms with van der Waals surface area (Å²) in [4.78, 5) is 26.9. The normalized spacial score (nSPS) is 12.0. The first-order chi connectivity index (χ1) is 13.9. The minimum absolute atomic E-state index is 0.184. The van der Waals surface area contributed by atoms with Crippen LogP contribution in [0.25, 0.3) is 5.69 Å². The van der Waals surface area contributed by atoms with E-state index in [-0.39, 0.29) is 24.1 Å². The van der Waals surface area contributed by atoms with E-state index in [1.807, 2.05) is 49.3 Å². The third-order valence-corrected chi connectivity index (χ3v) is 4.64. The van der Waals surface area contributed by atoms with Crippen molar-refractivity contribution in [2.45, 2.75) is 13.0 Å². The number of carbonyl (C=O) groups excluding carboxylic acids is 1. The van der Waals surface area contributed by atoms with Crippen LogP contribution in [0.1, 0.15) is 27.8 Å². The number of aryl methyl sites for hydroxylation is 1. The van der Waals surface area contributed by atoms with Crippen molar-refractivity contribution in [3.8, 4) is 5.69 Å². The molecule has 0 spiro atoms. The largest absolute Gasteiger partial charge is 0.349 e. The van der Waals surface area contributed by atoms with Crippen LogP contribution in [0, 0.1) is 12.7 Å². The number of hydrogen-bond acceptors (Lipinski definition) is 4. The third-order valence-electron chi connectivity index (χ3n) is 4.64. The summed E-state index contributed by atoms with van der Waals surface area (Å²) in [6.07, 6.45) is 0. The van der Waals surface area contributed by atoms with Gasteiger partial charge >= 0.3 is 0 Å². The molecule has 0 aliphatic rings. The SMILES string of the molecule is Cc1cc(=O)c(C(=O)NC[C@H](c2cccc(F)c2)N(C)C)nn1-c1ccccc1. The summed E-state index contributed by atoms with van der Waals surface area (Å²) in [5.74, 6) is -0.908. The van der Waals surface area contributed by atoms with Crippen molar-refractivity contribution in [3.05, 3.63) is 93.7 Å². The van der Waals surface area contributed by atoms with Gasteiger partial charge in [0.05, 0.1) is 11.7 Å². The van der Waals surface area contributed by atoms with E-state index in [9.17, 15) is 14.0 Å². The highest BCUT2D eigenvalue weighted by atomic mass is 19.1. The lowest BCUT2D eigenvalue weighted by Gasteiger charge is -2.25. The maximum atomic E-state index is 13.6. The fraction of sp³-hybridized carbons (Fsp3) is 0.227. The average molecular weight is 394 g/mol. The van der Waals surface area contributed by atoms with Crippen LogP contribution in [-0.2, 0) is 0 Å². The Labute approximate surface area is 168 Å². The van der Waals surface area contributed by atoms with Crippen molar-refractivity contribution >= 4 is 5.91 Å². The zero-order chi connectivity index (χ0) is 21.0. The number of para-hydroxylation sites is 1. The van der Waals surface area contributed by atoms with Crippen LogP contribution < -0.4 is 10.7 Å². The molecule has 0 saturated heterocycles. The topological polar surface area (TPSA) is 67.2 Å². The quantitative estimate of drug-likeness (QED) is 0.698. The van der Waals surface area contributed by atoms with Crippen molar-refractivity contribution in [2.24, 2.45) is 0 Å². The van der Waals surface area contributed by atoms with E-state index in [2.05, 4.69) is 10.4 Å². The molecule has 0 aliphatic heterocycles.